The molecule has 0 aliphatic carbocycles. The summed E-state index contributed by atoms with van der Waals surface area (Å²) >= 11 is 6.41. The van der Waals surface area contributed by atoms with E-state index < -0.39 is 0 Å². The molecule has 0 saturated heterocycles. The van der Waals surface area contributed by atoms with E-state index >= 15 is 0 Å². The van der Waals surface area contributed by atoms with Gasteiger partial charge in [-0.05, 0) is 48.9 Å². The Morgan fingerprint density at radius 2 is 1.91 bits per heavy atom. The quantitative estimate of drug-likeness (QED) is 0.319. The predicted molar refractivity (Wildman–Crippen MR) is 125 cm³/mol. The lowest BCUT2D eigenvalue weighted by Gasteiger charge is -2.10. The van der Waals surface area contributed by atoms with Gasteiger partial charge in [0.1, 0.15) is 11.4 Å². The maximum Gasteiger partial charge on any atom is 0.289 e. The van der Waals surface area contributed by atoms with Gasteiger partial charge in [0.15, 0.2) is 0 Å². The van der Waals surface area contributed by atoms with Crippen molar-refractivity contribution < 1.29 is 13.9 Å². The molecule has 5 aromatic rings. The molecule has 0 N–H and O–H groups in total. The predicted octanol–water partition coefficient (Wildman–Crippen LogP) is 5.34. The van der Waals surface area contributed by atoms with E-state index in [4.69, 9.17) is 20.8 Å². The van der Waals surface area contributed by atoms with Crippen molar-refractivity contribution in [3.05, 3.63) is 94.6 Å². The number of methoxy groups -OCH3 is 1. The first-order valence-electron chi connectivity index (χ1n) is 10.3. The molecule has 0 fully saturated rings. The van der Waals surface area contributed by atoms with Crippen LogP contribution in [-0.4, -0.2) is 32.6 Å². The number of halogens is 1. The number of fused-ring (bicyclic) bond motifs is 1. The molecule has 2 aromatic carbocycles. The number of rotatable bonds is 6. The molecule has 0 aliphatic rings. The van der Waals surface area contributed by atoms with Crippen molar-refractivity contribution in [3.8, 4) is 17.3 Å². The van der Waals surface area contributed by atoms with Crippen molar-refractivity contribution in [2.24, 2.45) is 0 Å². The summed E-state index contributed by atoms with van der Waals surface area (Å²) in [5, 5.41) is 9.41. The Bertz CT molecular complexity index is 1470. The lowest BCUT2D eigenvalue weighted by Crippen LogP contribution is -2.07. The van der Waals surface area contributed by atoms with E-state index in [2.05, 4.69) is 19.7 Å². The molecular formula is C25H19ClN4O3. The molecule has 8 heteroatoms. The number of hydrogen-bond donors (Lipinski definition) is 0. The van der Waals surface area contributed by atoms with Crippen LogP contribution in [0.5, 0.6) is 5.75 Å². The Morgan fingerprint density at radius 1 is 1.09 bits per heavy atom. The SMILES string of the molecule is COc1ccc2c(c1)c(C(=O)c1nnc(-c3ccccn3)o1)c(C)n2Cc1ccccc1Cl. The summed E-state index contributed by atoms with van der Waals surface area (Å²) in [6, 6.07) is 18.6. The number of ether oxygens (including phenoxy) is 1. The highest BCUT2D eigenvalue weighted by atomic mass is 35.5. The molecule has 0 amide bonds. The number of carbonyl (C=O) groups excluding carboxylic acids is 1. The molecule has 0 saturated carbocycles. The van der Waals surface area contributed by atoms with Gasteiger partial charge in [-0.15, -0.1) is 10.2 Å². The number of aromatic nitrogens is 4. The highest BCUT2D eigenvalue weighted by Crippen LogP contribution is 2.32. The summed E-state index contributed by atoms with van der Waals surface area (Å²) in [6.07, 6.45) is 1.62. The Balaban J connectivity index is 1.63. The van der Waals surface area contributed by atoms with Gasteiger partial charge in [-0.2, -0.15) is 0 Å². The van der Waals surface area contributed by atoms with Gasteiger partial charge in [0, 0.05) is 34.4 Å². The average Bonchev–Trinajstić information content (AvgIpc) is 3.44. The second-order valence-corrected chi connectivity index (χ2v) is 7.88. The van der Waals surface area contributed by atoms with Gasteiger partial charge in [0.25, 0.3) is 17.6 Å². The van der Waals surface area contributed by atoms with E-state index in [1.165, 1.54) is 0 Å². The van der Waals surface area contributed by atoms with E-state index in [0.29, 0.717) is 28.6 Å². The van der Waals surface area contributed by atoms with Crippen LogP contribution in [0, 0.1) is 6.92 Å². The lowest BCUT2D eigenvalue weighted by atomic mass is 10.1. The van der Waals surface area contributed by atoms with Gasteiger partial charge in [-0.3, -0.25) is 9.78 Å². The summed E-state index contributed by atoms with van der Waals surface area (Å²) in [6.45, 7) is 2.40. The van der Waals surface area contributed by atoms with Crippen LogP contribution in [0.2, 0.25) is 5.02 Å². The van der Waals surface area contributed by atoms with E-state index in [9.17, 15) is 4.79 Å². The number of carbonyl (C=O) groups is 1. The number of ketones is 1. The van der Waals surface area contributed by atoms with Crippen LogP contribution >= 0.6 is 11.6 Å². The average molecular weight is 459 g/mol. The minimum Gasteiger partial charge on any atom is -0.497 e. The van der Waals surface area contributed by atoms with Crippen LogP contribution in [0.3, 0.4) is 0 Å². The summed E-state index contributed by atoms with van der Waals surface area (Å²) in [4.78, 5) is 17.8. The zero-order valence-corrected chi connectivity index (χ0v) is 18.7. The smallest absolute Gasteiger partial charge is 0.289 e. The third-order valence-electron chi connectivity index (χ3n) is 5.55. The molecule has 3 heterocycles. The van der Waals surface area contributed by atoms with Crippen LogP contribution in [0.1, 0.15) is 27.5 Å². The minimum atomic E-state index is -0.363. The number of pyridine rings is 1. The molecule has 0 aliphatic heterocycles. The van der Waals surface area contributed by atoms with Crippen molar-refractivity contribution in [1.82, 2.24) is 19.7 Å². The molecule has 0 atom stereocenters. The number of hydrogen-bond acceptors (Lipinski definition) is 6. The third kappa shape index (κ3) is 3.76. The normalized spacial score (nSPS) is 11.1. The topological polar surface area (TPSA) is 83.0 Å². The summed E-state index contributed by atoms with van der Waals surface area (Å²) in [5.41, 5.74) is 3.57. The van der Waals surface area contributed by atoms with E-state index in [1.807, 2.05) is 55.5 Å². The summed E-state index contributed by atoms with van der Waals surface area (Å²) < 4.78 is 13.2. The maximum absolute atomic E-state index is 13.6. The van der Waals surface area contributed by atoms with Crippen LogP contribution in [0.4, 0.5) is 0 Å². The fourth-order valence-corrected chi connectivity index (χ4v) is 4.09. The first-order chi connectivity index (χ1) is 16.1. The Hall–Kier alpha value is -3.97. The molecule has 7 nitrogen and oxygen atoms in total. The number of benzene rings is 2. The molecule has 0 bridgehead atoms. The van der Waals surface area contributed by atoms with Crippen molar-refractivity contribution in [2.45, 2.75) is 13.5 Å². The fraction of sp³-hybridized carbons (Fsp3) is 0.120. The Morgan fingerprint density at radius 3 is 2.67 bits per heavy atom. The highest BCUT2D eigenvalue weighted by Gasteiger charge is 2.26. The summed E-state index contributed by atoms with van der Waals surface area (Å²) in [5.74, 6) is 0.372. The largest absolute Gasteiger partial charge is 0.497 e. The third-order valence-corrected chi connectivity index (χ3v) is 5.92. The van der Waals surface area contributed by atoms with Crippen LogP contribution in [0.15, 0.2) is 71.3 Å². The molecule has 33 heavy (non-hydrogen) atoms. The van der Waals surface area contributed by atoms with Gasteiger partial charge in [0.2, 0.25) is 0 Å². The fourth-order valence-electron chi connectivity index (χ4n) is 3.89. The van der Waals surface area contributed by atoms with Gasteiger partial charge < -0.3 is 13.7 Å². The second-order valence-electron chi connectivity index (χ2n) is 7.48. The highest BCUT2D eigenvalue weighted by molar-refractivity contribution is 6.31. The summed E-state index contributed by atoms with van der Waals surface area (Å²) in [7, 11) is 1.59. The van der Waals surface area contributed by atoms with E-state index in [1.54, 1.807) is 25.4 Å². The van der Waals surface area contributed by atoms with E-state index in [0.717, 1.165) is 22.2 Å². The molecular weight excluding hydrogens is 440 g/mol. The van der Waals surface area contributed by atoms with Gasteiger partial charge in [-0.1, -0.05) is 35.9 Å². The standard InChI is InChI=1S/C25H19ClN4O3/c1-15-22(23(31)25-29-28-24(33-25)20-9-5-6-12-27-20)18-13-17(32-2)10-11-21(18)30(15)14-16-7-3-4-8-19(16)26/h3-13H,14H2,1-2H3. The molecule has 5 rings (SSSR count). The van der Waals surface area contributed by atoms with Crippen molar-refractivity contribution in [3.63, 3.8) is 0 Å². The zero-order chi connectivity index (χ0) is 22.9. The van der Waals surface area contributed by atoms with Gasteiger partial charge in [-0.25, -0.2) is 0 Å². The van der Waals surface area contributed by atoms with Crippen molar-refractivity contribution >= 4 is 28.3 Å². The van der Waals surface area contributed by atoms with E-state index in [-0.39, 0.29) is 17.6 Å². The first-order valence-corrected chi connectivity index (χ1v) is 10.6. The first kappa shape index (κ1) is 20.9. The Labute approximate surface area is 194 Å². The van der Waals surface area contributed by atoms with Gasteiger partial charge in [0.05, 0.1) is 12.7 Å². The maximum atomic E-state index is 13.6. The monoisotopic (exact) mass is 458 g/mol. The second kappa shape index (κ2) is 8.52. The molecule has 0 unspecified atom stereocenters. The van der Waals surface area contributed by atoms with Crippen LogP contribution in [-0.2, 0) is 6.54 Å². The van der Waals surface area contributed by atoms with Crippen LogP contribution < -0.4 is 4.74 Å². The zero-order valence-electron chi connectivity index (χ0n) is 17.9. The lowest BCUT2D eigenvalue weighted by molar-refractivity contribution is 0.100. The minimum absolute atomic E-state index is 0.0987. The molecule has 0 radical (unpaired) electrons. The molecule has 0 spiro atoms. The number of nitrogens with zero attached hydrogens (tertiary/aromatic N) is 4. The van der Waals surface area contributed by atoms with Crippen molar-refractivity contribution in [2.75, 3.05) is 7.11 Å². The van der Waals surface area contributed by atoms with Crippen molar-refractivity contribution in [1.29, 1.82) is 0 Å². The Kier molecular flexibility index (Phi) is 5.40. The molecule has 3 aromatic heterocycles. The van der Waals surface area contributed by atoms with Gasteiger partial charge >= 0.3 is 0 Å². The van der Waals surface area contributed by atoms with Crippen LogP contribution in [0.25, 0.3) is 22.5 Å². The molecule has 164 valence electrons.